The van der Waals surface area contributed by atoms with Crippen molar-refractivity contribution >= 4 is 24.0 Å². The second-order valence-electron chi connectivity index (χ2n) is 6.52. The average Bonchev–Trinajstić information content (AvgIpc) is 2.59. The summed E-state index contributed by atoms with van der Waals surface area (Å²) >= 11 is 0. The normalized spacial score (nSPS) is 27.0. The van der Waals surface area contributed by atoms with Crippen molar-refractivity contribution in [2.75, 3.05) is 11.9 Å². The minimum atomic E-state index is -0.375. The molecule has 3 N–H and O–H groups in total. The van der Waals surface area contributed by atoms with E-state index in [0.29, 0.717) is 0 Å². The second-order valence-corrected chi connectivity index (χ2v) is 6.52. The Morgan fingerprint density at radius 2 is 1.79 bits per heavy atom. The number of aliphatic hydroxyl groups excluding tert-OH is 1. The molecule has 0 bridgehead atoms. The van der Waals surface area contributed by atoms with Crippen LogP contribution >= 0.6 is 12.4 Å². The molecule has 1 aromatic rings. The molecule has 0 radical (unpaired) electrons. The van der Waals surface area contributed by atoms with Crippen LogP contribution in [0.1, 0.15) is 44.9 Å². The molecule has 134 valence electrons. The molecule has 3 atom stereocenters. The van der Waals surface area contributed by atoms with Gasteiger partial charge in [0.05, 0.1) is 12.1 Å². The minimum Gasteiger partial charge on any atom is -0.488 e. The number of carbonyl (C=O) groups is 1. The lowest BCUT2D eigenvalue weighted by molar-refractivity contribution is -0.118. The van der Waals surface area contributed by atoms with Gasteiger partial charge in [0.2, 0.25) is 5.91 Å². The van der Waals surface area contributed by atoms with E-state index in [2.05, 4.69) is 10.6 Å². The highest BCUT2D eigenvalue weighted by atomic mass is 35.5. The maximum Gasteiger partial charge on any atom is 0.241 e. The lowest BCUT2D eigenvalue weighted by Crippen LogP contribution is -2.43. The first-order valence-electron chi connectivity index (χ1n) is 8.71. The largest absolute Gasteiger partial charge is 0.488 e. The molecular weight excluding hydrogens is 328 g/mol. The first-order chi connectivity index (χ1) is 11.2. The van der Waals surface area contributed by atoms with Gasteiger partial charge in [0, 0.05) is 5.69 Å². The van der Waals surface area contributed by atoms with E-state index in [9.17, 15) is 9.90 Å². The number of benzene rings is 1. The zero-order chi connectivity index (χ0) is 16.1. The second kappa shape index (κ2) is 9.25. The maximum absolute atomic E-state index is 12.2. The highest BCUT2D eigenvalue weighted by molar-refractivity contribution is 5.94. The molecule has 1 heterocycles. The standard InChI is InChI=1S/C18H26N2O3.ClH/c21-16-6-1-2-7-17(16)23-14-10-8-13(9-11-14)20-18(22)15-5-3-4-12-19-15;/h8-11,15-17,19,21H,1-7,12H2,(H,20,22);1H. The molecule has 6 heteroatoms. The molecule has 5 nitrogen and oxygen atoms in total. The predicted molar refractivity (Wildman–Crippen MR) is 96.9 cm³/mol. The molecule has 1 amide bonds. The van der Waals surface area contributed by atoms with Crippen LogP contribution in [-0.2, 0) is 4.79 Å². The minimum absolute atomic E-state index is 0. The van der Waals surface area contributed by atoms with Crippen LogP contribution < -0.4 is 15.4 Å². The molecule has 1 aromatic carbocycles. The smallest absolute Gasteiger partial charge is 0.241 e. The van der Waals surface area contributed by atoms with Crippen LogP contribution in [0.3, 0.4) is 0 Å². The fourth-order valence-corrected chi connectivity index (χ4v) is 3.31. The molecule has 24 heavy (non-hydrogen) atoms. The summed E-state index contributed by atoms with van der Waals surface area (Å²) < 4.78 is 5.87. The van der Waals surface area contributed by atoms with Gasteiger partial charge in [0.1, 0.15) is 11.9 Å². The predicted octanol–water partition coefficient (Wildman–Crippen LogP) is 2.87. The van der Waals surface area contributed by atoms with Gasteiger partial charge >= 0.3 is 0 Å². The summed E-state index contributed by atoms with van der Waals surface area (Å²) in [7, 11) is 0. The number of aliphatic hydroxyl groups is 1. The van der Waals surface area contributed by atoms with E-state index < -0.39 is 0 Å². The third-order valence-electron chi connectivity index (χ3n) is 4.70. The molecule has 0 aromatic heterocycles. The number of anilines is 1. The molecular formula is C18H27ClN2O3. The number of nitrogens with one attached hydrogen (secondary N) is 2. The van der Waals surface area contributed by atoms with Crippen LogP contribution in [0.2, 0.25) is 0 Å². The topological polar surface area (TPSA) is 70.6 Å². The molecule has 1 saturated heterocycles. The van der Waals surface area contributed by atoms with Crippen LogP contribution in [0.15, 0.2) is 24.3 Å². The van der Waals surface area contributed by atoms with Gasteiger partial charge in [-0.1, -0.05) is 12.8 Å². The molecule has 2 fully saturated rings. The van der Waals surface area contributed by atoms with E-state index in [0.717, 1.165) is 62.9 Å². The number of hydrogen-bond donors (Lipinski definition) is 3. The summed E-state index contributed by atoms with van der Waals surface area (Å²) in [6, 6.07) is 7.32. The van der Waals surface area contributed by atoms with Crippen LogP contribution in [0.5, 0.6) is 5.75 Å². The molecule has 0 spiro atoms. The third kappa shape index (κ3) is 5.10. The summed E-state index contributed by atoms with van der Waals surface area (Å²) in [5.74, 6) is 0.769. The Bertz CT molecular complexity index is 518. The number of carbonyl (C=O) groups excluding carboxylic acids is 1. The van der Waals surface area contributed by atoms with Gasteiger partial charge in [-0.2, -0.15) is 0 Å². The average molecular weight is 355 g/mol. The van der Waals surface area contributed by atoms with Crippen molar-refractivity contribution in [3.8, 4) is 5.75 Å². The SMILES string of the molecule is Cl.O=C(Nc1ccc(OC2CCCCC2O)cc1)C1CCCCN1. The van der Waals surface area contributed by atoms with Crippen molar-refractivity contribution in [2.24, 2.45) is 0 Å². The van der Waals surface area contributed by atoms with Crippen LogP contribution in [0.25, 0.3) is 0 Å². The number of ether oxygens (including phenoxy) is 1. The maximum atomic E-state index is 12.2. The van der Waals surface area contributed by atoms with E-state index in [-0.39, 0.29) is 36.6 Å². The Morgan fingerprint density at radius 1 is 1.08 bits per heavy atom. The molecule has 1 aliphatic carbocycles. The van der Waals surface area contributed by atoms with E-state index in [4.69, 9.17) is 4.74 Å². The third-order valence-corrected chi connectivity index (χ3v) is 4.70. The Kier molecular flexibility index (Phi) is 7.34. The van der Waals surface area contributed by atoms with Crippen LogP contribution in [0.4, 0.5) is 5.69 Å². The first-order valence-corrected chi connectivity index (χ1v) is 8.71. The highest BCUT2D eigenvalue weighted by Crippen LogP contribution is 2.25. The fourth-order valence-electron chi connectivity index (χ4n) is 3.31. The number of piperidine rings is 1. The molecule has 1 aliphatic heterocycles. The van der Waals surface area contributed by atoms with Gasteiger partial charge in [0.15, 0.2) is 0 Å². The highest BCUT2D eigenvalue weighted by Gasteiger charge is 2.24. The number of rotatable bonds is 4. The van der Waals surface area contributed by atoms with Gasteiger partial charge in [-0.15, -0.1) is 12.4 Å². The number of hydrogen-bond acceptors (Lipinski definition) is 4. The zero-order valence-electron chi connectivity index (χ0n) is 13.9. The first kappa shape index (κ1) is 19.0. The summed E-state index contributed by atoms with van der Waals surface area (Å²) in [6.07, 6.45) is 6.53. The zero-order valence-corrected chi connectivity index (χ0v) is 14.7. The van der Waals surface area contributed by atoms with Crippen LogP contribution in [0, 0.1) is 0 Å². The summed E-state index contributed by atoms with van der Waals surface area (Å²) in [5.41, 5.74) is 0.777. The fraction of sp³-hybridized carbons (Fsp3) is 0.611. The van der Waals surface area contributed by atoms with E-state index in [1.165, 1.54) is 0 Å². The Labute approximate surface area is 149 Å². The molecule has 3 unspecified atom stereocenters. The lowest BCUT2D eigenvalue weighted by Gasteiger charge is -2.28. The van der Waals surface area contributed by atoms with Crippen molar-refractivity contribution in [3.63, 3.8) is 0 Å². The Hall–Kier alpha value is -1.30. The van der Waals surface area contributed by atoms with E-state index in [1.807, 2.05) is 24.3 Å². The summed E-state index contributed by atoms with van der Waals surface area (Å²) in [4.78, 5) is 12.2. The Balaban J connectivity index is 0.00000208. The monoisotopic (exact) mass is 354 g/mol. The Morgan fingerprint density at radius 3 is 2.46 bits per heavy atom. The summed E-state index contributed by atoms with van der Waals surface area (Å²) in [6.45, 7) is 0.911. The van der Waals surface area contributed by atoms with Gasteiger partial charge in [-0.25, -0.2) is 0 Å². The number of halogens is 1. The van der Waals surface area contributed by atoms with Crippen molar-refractivity contribution < 1.29 is 14.6 Å². The van der Waals surface area contributed by atoms with Gasteiger partial charge in [0.25, 0.3) is 0 Å². The molecule has 3 rings (SSSR count). The van der Waals surface area contributed by atoms with E-state index in [1.54, 1.807) is 0 Å². The van der Waals surface area contributed by atoms with Crippen molar-refractivity contribution in [2.45, 2.75) is 63.2 Å². The lowest BCUT2D eigenvalue weighted by atomic mass is 9.95. The number of amides is 1. The molecule has 1 saturated carbocycles. The van der Waals surface area contributed by atoms with Gasteiger partial charge in [-0.3, -0.25) is 4.79 Å². The van der Waals surface area contributed by atoms with Crippen molar-refractivity contribution in [3.05, 3.63) is 24.3 Å². The van der Waals surface area contributed by atoms with E-state index >= 15 is 0 Å². The van der Waals surface area contributed by atoms with Crippen LogP contribution in [-0.4, -0.2) is 35.8 Å². The van der Waals surface area contributed by atoms with Crippen molar-refractivity contribution in [1.29, 1.82) is 0 Å². The summed E-state index contributed by atoms with van der Waals surface area (Å²) in [5, 5.41) is 16.1. The quantitative estimate of drug-likeness (QED) is 0.777. The van der Waals surface area contributed by atoms with Gasteiger partial charge in [-0.05, 0) is 62.9 Å². The molecule has 2 aliphatic rings. The van der Waals surface area contributed by atoms with Gasteiger partial charge < -0.3 is 20.5 Å². The van der Waals surface area contributed by atoms with Crippen molar-refractivity contribution in [1.82, 2.24) is 5.32 Å².